The first kappa shape index (κ1) is 24.9. The Balaban J connectivity index is 1.48. The van der Waals surface area contributed by atoms with Gasteiger partial charge in [-0.2, -0.15) is 0 Å². The van der Waals surface area contributed by atoms with Crippen molar-refractivity contribution in [3.05, 3.63) is 102 Å². The second-order valence-corrected chi connectivity index (χ2v) is 11.1. The van der Waals surface area contributed by atoms with E-state index in [1.807, 2.05) is 43.3 Å². The van der Waals surface area contributed by atoms with Crippen LogP contribution in [-0.4, -0.2) is 25.4 Å². The number of benzene rings is 4. The molecule has 37 heavy (non-hydrogen) atoms. The highest BCUT2D eigenvalue weighted by Crippen LogP contribution is 2.31. The Labute approximate surface area is 221 Å². The summed E-state index contributed by atoms with van der Waals surface area (Å²) in [5.41, 5.74) is 4.10. The minimum Gasteiger partial charge on any atom is -0.341 e. The topological polar surface area (TPSA) is 71.4 Å². The van der Waals surface area contributed by atoms with Crippen LogP contribution in [0.2, 0.25) is 5.02 Å². The number of anilines is 2. The molecule has 0 bridgehead atoms. The van der Waals surface area contributed by atoms with Gasteiger partial charge in [-0.05, 0) is 80.1 Å². The maximum absolute atomic E-state index is 13.6. The zero-order valence-electron chi connectivity index (χ0n) is 20.5. The van der Waals surface area contributed by atoms with Crippen LogP contribution in [0.5, 0.6) is 0 Å². The monoisotopic (exact) mass is 531 g/mol. The highest BCUT2D eigenvalue weighted by atomic mass is 35.5. The Morgan fingerprint density at radius 1 is 0.892 bits per heavy atom. The van der Waals surface area contributed by atoms with Crippen molar-refractivity contribution in [2.75, 3.05) is 16.2 Å². The third-order valence-corrected chi connectivity index (χ3v) is 8.39. The van der Waals surface area contributed by atoms with Gasteiger partial charge >= 0.3 is 0 Å². The average molecular weight is 532 g/mol. The minimum absolute atomic E-state index is 0.0556. The predicted octanol–water partition coefficient (Wildman–Crippen LogP) is 6.61. The van der Waals surface area contributed by atoms with Crippen molar-refractivity contribution in [2.24, 2.45) is 0 Å². The number of rotatable bonds is 7. The SMILES string of the molecule is CCn1c2ccccc2c2cc(NC(=O)CN(c3cccc(C)c3)S(=O)(=O)c3ccc(Cl)cc3)ccc21. The van der Waals surface area contributed by atoms with Gasteiger partial charge in [0.25, 0.3) is 10.0 Å². The summed E-state index contributed by atoms with van der Waals surface area (Å²) in [6, 6.07) is 26.9. The molecule has 6 nitrogen and oxygen atoms in total. The number of para-hydroxylation sites is 1. The number of nitrogens with one attached hydrogen (secondary N) is 1. The summed E-state index contributed by atoms with van der Waals surface area (Å²) in [6.07, 6.45) is 0. The molecule has 1 aromatic heterocycles. The van der Waals surface area contributed by atoms with E-state index in [1.165, 1.54) is 24.3 Å². The van der Waals surface area contributed by atoms with Gasteiger partial charge in [0, 0.05) is 39.1 Å². The van der Waals surface area contributed by atoms with E-state index in [0.717, 1.165) is 38.2 Å². The predicted molar refractivity (Wildman–Crippen MR) is 151 cm³/mol. The molecule has 0 saturated heterocycles. The molecule has 0 aliphatic rings. The smallest absolute Gasteiger partial charge is 0.264 e. The first-order valence-electron chi connectivity index (χ1n) is 11.9. The molecular weight excluding hydrogens is 506 g/mol. The van der Waals surface area contributed by atoms with E-state index in [1.54, 1.807) is 18.2 Å². The minimum atomic E-state index is -4.03. The molecule has 0 unspecified atom stereocenters. The second-order valence-electron chi connectivity index (χ2n) is 8.85. The van der Waals surface area contributed by atoms with Crippen LogP contribution in [0, 0.1) is 6.92 Å². The molecule has 0 spiro atoms. The molecule has 5 aromatic rings. The molecule has 5 rings (SSSR count). The molecule has 188 valence electrons. The summed E-state index contributed by atoms with van der Waals surface area (Å²) in [6.45, 7) is 4.41. The van der Waals surface area contributed by atoms with E-state index in [0.29, 0.717) is 16.4 Å². The maximum atomic E-state index is 13.6. The number of hydrogen-bond donors (Lipinski definition) is 1. The number of aromatic nitrogens is 1. The fourth-order valence-corrected chi connectivity index (χ4v) is 6.17. The van der Waals surface area contributed by atoms with Gasteiger partial charge in [0.1, 0.15) is 6.54 Å². The Hall–Kier alpha value is -3.81. The van der Waals surface area contributed by atoms with Crippen LogP contribution in [0.3, 0.4) is 0 Å². The van der Waals surface area contributed by atoms with Crippen LogP contribution in [0.15, 0.2) is 95.9 Å². The van der Waals surface area contributed by atoms with Crippen LogP contribution in [0.25, 0.3) is 21.8 Å². The lowest BCUT2D eigenvalue weighted by molar-refractivity contribution is -0.114. The van der Waals surface area contributed by atoms with Crippen LogP contribution >= 0.6 is 11.6 Å². The van der Waals surface area contributed by atoms with Gasteiger partial charge in [-0.1, -0.05) is 41.9 Å². The van der Waals surface area contributed by atoms with Gasteiger partial charge in [0.2, 0.25) is 5.91 Å². The summed E-state index contributed by atoms with van der Waals surface area (Å²) in [7, 11) is -4.03. The lowest BCUT2D eigenvalue weighted by Gasteiger charge is -2.24. The molecule has 0 atom stereocenters. The van der Waals surface area contributed by atoms with Crippen LogP contribution in [0.4, 0.5) is 11.4 Å². The fourth-order valence-electron chi connectivity index (χ4n) is 4.64. The van der Waals surface area contributed by atoms with Gasteiger partial charge in [-0.25, -0.2) is 8.42 Å². The molecule has 8 heteroatoms. The standard InChI is InChI=1S/C29H26ClN3O3S/c1-3-32-27-10-5-4-9-25(27)26-18-22(13-16-28(26)32)31-29(34)19-33(23-8-6-7-20(2)17-23)37(35,36)24-14-11-21(30)12-15-24/h4-18H,3,19H2,1-2H3,(H,31,34). The van der Waals surface area contributed by atoms with Crippen molar-refractivity contribution in [3.8, 4) is 0 Å². The van der Waals surface area contributed by atoms with Crippen molar-refractivity contribution >= 4 is 60.7 Å². The Morgan fingerprint density at radius 2 is 1.62 bits per heavy atom. The number of fused-ring (bicyclic) bond motifs is 3. The quantitative estimate of drug-likeness (QED) is 0.257. The molecule has 0 aliphatic carbocycles. The Bertz CT molecular complexity index is 1730. The van der Waals surface area contributed by atoms with Crippen molar-refractivity contribution in [3.63, 3.8) is 0 Å². The van der Waals surface area contributed by atoms with E-state index in [4.69, 9.17) is 11.6 Å². The van der Waals surface area contributed by atoms with Crippen LogP contribution in [0.1, 0.15) is 12.5 Å². The number of hydrogen-bond acceptors (Lipinski definition) is 3. The third-order valence-electron chi connectivity index (χ3n) is 6.35. The highest BCUT2D eigenvalue weighted by Gasteiger charge is 2.27. The van der Waals surface area contributed by atoms with E-state index in [2.05, 4.69) is 28.9 Å². The molecule has 0 aliphatic heterocycles. The molecule has 4 aromatic carbocycles. The van der Waals surface area contributed by atoms with Gasteiger partial charge in [0.15, 0.2) is 0 Å². The van der Waals surface area contributed by atoms with Crippen molar-refractivity contribution in [2.45, 2.75) is 25.3 Å². The molecule has 1 N–H and O–H groups in total. The molecule has 0 radical (unpaired) electrons. The zero-order chi connectivity index (χ0) is 26.2. The number of nitrogens with zero attached hydrogens (tertiary/aromatic N) is 2. The molecule has 0 fully saturated rings. The lowest BCUT2D eigenvalue weighted by Crippen LogP contribution is -2.38. The normalized spacial score (nSPS) is 11.6. The van der Waals surface area contributed by atoms with Crippen molar-refractivity contribution in [1.82, 2.24) is 4.57 Å². The van der Waals surface area contributed by atoms with Gasteiger partial charge in [0.05, 0.1) is 10.6 Å². The Kier molecular flexibility index (Phi) is 6.67. The average Bonchev–Trinajstić information content (AvgIpc) is 3.20. The van der Waals surface area contributed by atoms with Crippen LogP contribution in [-0.2, 0) is 21.4 Å². The van der Waals surface area contributed by atoms with Gasteiger partial charge in [-0.15, -0.1) is 0 Å². The zero-order valence-corrected chi connectivity index (χ0v) is 22.1. The van der Waals surface area contributed by atoms with Crippen LogP contribution < -0.4 is 9.62 Å². The highest BCUT2D eigenvalue weighted by molar-refractivity contribution is 7.92. The molecule has 1 heterocycles. The summed E-state index contributed by atoms with van der Waals surface area (Å²) >= 11 is 5.97. The number of amides is 1. The van der Waals surface area contributed by atoms with Gasteiger partial charge in [-0.3, -0.25) is 9.10 Å². The fraction of sp³-hybridized carbons (Fsp3) is 0.138. The summed E-state index contributed by atoms with van der Waals surface area (Å²) in [4.78, 5) is 13.3. The first-order valence-corrected chi connectivity index (χ1v) is 13.8. The van der Waals surface area contributed by atoms with E-state index in [-0.39, 0.29) is 11.4 Å². The molecule has 1 amide bonds. The number of sulfonamides is 1. The molecule has 0 saturated carbocycles. The Morgan fingerprint density at radius 3 is 2.35 bits per heavy atom. The van der Waals surface area contributed by atoms with E-state index >= 15 is 0 Å². The second kappa shape index (κ2) is 9.92. The van der Waals surface area contributed by atoms with E-state index < -0.39 is 15.9 Å². The lowest BCUT2D eigenvalue weighted by atomic mass is 10.1. The first-order chi connectivity index (χ1) is 17.8. The number of carbonyl (C=O) groups excluding carboxylic acids is 1. The summed E-state index contributed by atoms with van der Waals surface area (Å²) in [5, 5.41) is 5.45. The van der Waals surface area contributed by atoms with Crippen molar-refractivity contribution < 1.29 is 13.2 Å². The maximum Gasteiger partial charge on any atom is 0.264 e. The van der Waals surface area contributed by atoms with E-state index in [9.17, 15) is 13.2 Å². The number of carbonyl (C=O) groups is 1. The third kappa shape index (κ3) is 4.80. The molecular formula is C29H26ClN3O3S. The van der Waals surface area contributed by atoms with Gasteiger partial charge < -0.3 is 9.88 Å². The summed E-state index contributed by atoms with van der Waals surface area (Å²) < 4.78 is 30.6. The summed E-state index contributed by atoms with van der Waals surface area (Å²) in [5.74, 6) is -0.447. The number of aryl methyl sites for hydroxylation is 2. The number of halogens is 1. The largest absolute Gasteiger partial charge is 0.341 e. The van der Waals surface area contributed by atoms with Crippen molar-refractivity contribution in [1.29, 1.82) is 0 Å².